The number of rotatable bonds is 5. The Balaban J connectivity index is 1.48. The van der Waals surface area contributed by atoms with Crippen molar-refractivity contribution < 1.29 is 9.18 Å². The number of carbonyl (C=O) groups is 1. The predicted molar refractivity (Wildman–Crippen MR) is 75.0 cm³/mol. The minimum atomic E-state index is -0.249. The van der Waals surface area contributed by atoms with Gasteiger partial charge < -0.3 is 9.88 Å². The van der Waals surface area contributed by atoms with Crippen molar-refractivity contribution in [2.24, 2.45) is 13.0 Å². The normalized spacial score (nSPS) is 20.3. The van der Waals surface area contributed by atoms with E-state index < -0.39 is 0 Å². The van der Waals surface area contributed by atoms with Gasteiger partial charge in [-0.05, 0) is 30.0 Å². The minimum Gasteiger partial charge on any atom is -0.355 e. The van der Waals surface area contributed by atoms with E-state index in [-0.39, 0.29) is 23.6 Å². The predicted octanol–water partition coefficient (Wildman–Crippen LogP) is 1.42. The van der Waals surface area contributed by atoms with Crippen LogP contribution in [0.15, 0.2) is 30.6 Å². The third-order valence-corrected chi connectivity index (χ3v) is 3.86. The van der Waals surface area contributed by atoms with Crippen molar-refractivity contribution in [1.29, 1.82) is 0 Å². The molecule has 1 aliphatic carbocycles. The summed E-state index contributed by atoms with van der Waals surface area (Å²) in [5, 5.41) is 10.7. The molecule has 0 radical (unpaired) electrons. The molecule has 1 fully saturated rings. The number of amides is 1. The van der Waals surface area contributed by atoms with E-state index in [2.05, 4.69) is 15.5 Å². The molecule has 0 bridgehead atoms. The summed E-state index contributed by atoms with van der Waals surface area (Å²) in [7, 11) is 1.87. The smallest absolute Gasteiger partial charge is 0.223 e. The number of carbonyl (C=O) groups excluding carboxylic acids is 1. The van der Waals surface area contributed by atoms with Crippen LogP contribution in [0, 0.1) is 11.7 Å². The van der Waals surface area contributed by atoms with Crippen LogP contribution in [0.4, 0.5) is 4.39 Å². The molecule has 1 heterocycles. The van der Waals surface area contributed by atoms with E-state index in [4.69, 9.17) is 0 Å². The van der Waals surface area contributed by atoms with Gasteiger partial charge in [-0.2, -0.15) is 0 Å². The van der Waals surface area contributed by atoms with E-state index in [1.54, 1.807) is 12.4 Å². The van der Waals surface area contributed by atoms with E-state index in [9.17, 15) is 9.18 Å². The van der Waals surface area contributed by atoms with Crippen LogP contribution in [-0.2, 0) is 18.3 Å². The third-order valence-electron chi connectivity index (χ3n) is 3.86. The summed E-state index contributed by atoms with van der Waals surface area (Å²) >= 11 is 0. The van der Waals surface area contributed by atoms with E-state index in [0.717, 1.165) is 17.8 Å². The molecule has 3 rings (SSSR count). The summed E-state index contributed by atoms with van der Waals surface area (Å²) in [6.07, 6.45) is 3.08. The molecule has 0 unspecified atom stereocenters. The lowest BCUT2D eigenvalue weighted by Gasteiger charge is -2.05. The Morgan fingerprint density at radius 3 is 3.10 bits per heavy atom. The van der Waals surface area contributed by atoms with Gasteiger partial charge in [0.2, 0.25) is 5.91 Å². The fourth-order valence-corrected chi connectivity index (χ4v) is 2.55. The molecular formula is C15H17FN4O. The number of hydrogen-bond acceptors (Lipinski definition) is 3. The van der Waals surface area contributed by atoms with Crippen LogP contribution >= 0.6 is 0 Å². The van der Waals surface area contributed by atoms with Crippen molar-refractivity contribution in [2.75, 3.05) is 6.54 Å². The summed E-state index contributed by atoms with van der Waals surface area (Å²) in [5.74, 6) is 0.738. The number of benzene rings is 1. The molecule has 110 valence electrons. The van der Waals surface area contributed by atoms with Gasteiger partial charge in [-0.15, -0.1) is 10.2 Å². The summed E-state index contributed by atoms with van der Waals surface area (Å²) in [6.45, 7) is 0.539. The Bertz CT molecular complexity index is 655. The molecule has 0 aliphatic heterocycles. The van der Waals surface area contributed by atoms with Gasteiger partial charge in [0, 0.05) is 25.9 Å². The molecule has 2 aromatic rings. The zero-order chi connectivity index (χ0) is 14.8. The number of aryl methyl sites for hydroxylation is 1. The Kier molecular flexibility index (Phi) is 3.68. The maximum atomic E-state index is 13.2. The van der Waals surface area contributed by atoms with Crippen LogP contribution in [0.25, 0.3) is 0 Å². The molecular weight excluding hydrogens is 271 g/mol. The zero-order valence-electron chi connectivity index (χ0n) is 11.8. The number of halogens is 1. The van der Waals surface area contributed by atoms with Gasteiger partial charge in [-0.1, -0.05) is 12.1 Å². The van der Waals surface area contributed by atoms with Crippen molar-refractivity contribution in [3.8, 4) is 0 Å². The van der Waals surface area contributed by atoms with E-state index in [1.165, 1.54) is 12.1 Å². The van der Waals surface area contributed by atoms with Crippen molar-refractivity contribution in [2.45, 2.75) is 18.8 Å². The molecule has 0 saturated heterocycles. The first-order valence-electron chi connectivity index (χ1n) is 7.01. The van der Waals surface area contributed by atoms with Gasteiger partial charge in [0.05, 0.1) is 0 Å². The van der Waals surface area contributed by atoms with Crippen LogP contribution < -0.4 is 5.32 Å². The third kappa shape index (κ3) is 3.09. The summed E-state index contributed by atoms with van der Waals surface area (Å²) in [4.78, 5) is 12.0. The van der Waals surface area contributed by atoms with Gasteiger partial charge in [-0.25, -0.2) is 4.39 Å². The highest BCUT2D eigenvalue weighted by Gasteiger charge is 2.43. The molecule has 2 atom stereocenters. The van der Waals surface area contributed by atoms with Gasteiger partial charge in [-0.3, -0.25) is 4.79 Å². The Morgan fingerprint density at radius 2 is 2.38 bits per heavy atom. The summed E-state index contributed by atoms with van der Waals surface area (Å²) < 4.78 is 15.0. The fourth-order valence-electron chi connectivity index (χ4n) is 2.55. The molecule has 1 aliphatic rings. The maximum Gasteiger partial charge on any atom is 0.223 e. The molecule has 1 N–H and O–H groups in total. The van der Waals surface area contributed by atoms with Gasteiger partial charge in [0.1, 0.15) is 18.0 Å². The van der Waals surface area contributed by atoms with Crippen LogP contribution in [0.1, 0.15) is 23.7 Å². The second-order valence-electron chi connectivity index (χ2n) is 5.40. The largest absolute Gasteiger partial charge is 0.355 e. The van der Waals surface area contributed by atoms with Crippen molar-refractivity contribution in [1.82, 2.24) is 20.1 Å². The molecule has 0 spiro atoms. The number of nitrogens with zero attached hydrogens (tertiary/aromatic N) is 3. The first-order chi connectivity index (χ1) is 10.1. The lowest BCUT2D eigenvalue weighted by atomic mass is 10.1. The Morgan fingerprint density at radius 1 is 1.52 bits per heavy atom. The molecule has 6 heteroatoms. The quantitative estimate of drug-likeness (QED) is 0.905. The van der Waals surface area contributed by atoms with Crippen molar-refractivity contribution in [3.63, 3.8) is 0 Å². The monoisotopic (exact) mass is 288 g/mol. The molecule has 1 aromatic carbocycles. The maximum absolute atomic E-state index is 13.2. The number of aromatic nitrogens is 3. The highest BCUT2D eigenvalue weighted by Crippen LogP contribution is 2.47. The molecule has 1 aromatic heterocycles. The van der Waals surface area contributed by atoms with E-state index in [0.29, 0.717) is 13.0 Å². The zero-order valence-corrected chi connectivity index (χ0v) is 11.8. The van der Waals surface area contributed by atoms with E-state index >= 15 is 0 Å². The second kappa shape index (κ2) is 5.63. The lowest BCUT2D eigenvalue weighted by Crippen LogP contribution is -2.28. The SMILES string of the molecule is Cn1cnnc1CCNC(=O)[C@H]1C[C@@H]1c1cccc(F)c1. The average Bonchev–Trinajstić information content (AvgIpc) is 3.17. The standard InChI is InChI=1S/C15H17FN4O/c1-20-9-18-19-14(20)5-6-17-15(21)13-8-12(13)10-3-2-4-11(16)7-10/h2-4,7,9,12-13H,5-6,8H2,1H3,(H,17,21)/t12-,13+/m1/s1. The molecule has 1 saturated carbocycles. The first kappa shape index (κ1) is 13.7. The van der Waals surface area contributed by atoms with Crippen molar-refractivity contribution >= 4 is 5.91 Å². The number of hydrogen-bond donors (Lipinski definition) is 1. The molecule has 5 nitrogen and oxygen atoms in total. The fraction of sp³-hybridized carbons (Fsp3) is 0.400. The topological polar surface area (TPSA) is 59.8 Å². The Labute approximate surface area is 122 Å². The van der Waals surface area contributed by atoms with Crippen molar-refractivity contribution in [3.05, 3.63) is 47.8 Å². The van der Waals surface area contributed by atoms with Gasteiger partial charge >= 0.3 is 0 Å². The molecule has 21 heavy (non-hydrogen) atoms. The number of nitrogens with one attached hydrogen (secondary N) is 1. The van der Waals surface area contributed by atoms with Crippen LogP contribution in [0.5, 0.6) is 0 Å². The second-order valence-corrected chi connectivity index (χ2v) is 5.40. The summed E-state index contributed by atoms with van der Waals surface area (Å²) in [5.41, 5.74) is 0.906. The average molecular weight is 288 g/mol. The van der Waals surface area contributed by atoms with E-state index in [1.807, 2.05) is 17.7 Å². The first-order valence-corrected chi connectivity index (χ1v) is 7.01. The summed E-state index contributed by atoms with van der Waals surface area (Å²) in [6, 6.07) is 6.49. The van der Waals surface area contributed by atoms with Crippen LogP contribution in [0.2, 0.25) is 0 Å². The van der Waals surface area contributed by atoms with Crippen LogP contribution in [-0.4, -0.2) is 27.2 Å². The highest BCUT2D eigenvalue weighted by atomic mass is 19.1. The van der Waals surface area contributed by atoms with Gasteiger partial charge in [0.25, 0.3) is 0 Å². The Hall–Kier alpha value is -2.24. The highest BCUT2D eigenvalue weighted by molar-refractivity contribution is 5.82. The van der Waals surface area contributed by atoms with Crippen LogP contribution in [0.3, 0.4) is 0 Å². The van der Waals surface area contributed by atoms with Gasteiger partial charge in [0.15, 0.2) is 0 Å². The minimum absolute atomic E-state index is 0.0337. The molecule has 1 amide bonds. The lowest BCUT2D eigenvalue weighted by molar-refractivity contribution is -0.122.